The molecule has 0 unspecified atom stereocenters. The molecule has 12 nitrogen and oxygen atoms in total. The van der Waals surface area contributed by atoms with Gasteiger partial charge in [-0.05, 0) is 32.0 Å². The highest BCUT2D eigenvalue weighted by molar-refractivity contribution is 7.99. The summed E-state index contributed by atoms with van der Waals surface area (Å²) in [6.07, 6.45) is 3.06. The van der Waals surface area contributed by atoms with E-state index < -0.39 is 10.0 Å². The Morgan fingerprint density at radius 2 is 2.06 bits per heavy atom. The first-order valence-corrected chi connectivity index (χ1v) is 12.9. The van der Waals surface area contributed by atoms with E-state index in [1.165, 1.54) is 18.1 Å². The predicted molar refractivity (Wildman–Crippen MR) is 126 cm³/mol. The van der Waals surface area contributed by atoms with E-state index in [1.807, 2.05) is 18.2 Å². The number of aromatic amines is 1. The van der Waals surface area contributed by atoms with Gasteiger partial charge in [0.05, 0.1) is 11.4 Å². The van der Waals surface area contributed by atoms with Gasteiger partial charge in [0.2, 0.25) is 16.8 Å². The maximum atomic E-state index is 12.5. The molecule has 0 radical (unpaired) electrons. The topological polar surface area (TPSA) is 163 Å². The largest absolute Gasteiger partial charge is 0.454 e. The lowest BCUT2D eigenvalue weighted by Gasteiger charge is -2.13. The molecular weight excluding hydrogens is 480 g/mol. The summed E-state index contributed by atoms with van der Waals surface area (Å²) >= 11 is 1.33. The molecule has 34 heavy (non-hydrogen) atoms. The Hall–Kier alpha value is -3.36. The molecule has 0 aliphatic carbocycles. The summed E-state index contributed by atoms with van der Waals surface area (Å²) in [5, 5.41) is 7.63. The van der Waals surface area contributed by atoms with E-state index in [1.54, 1.807) is 24.6 Å². The Labute approximate surface area is 199 Å². The fraction of sp³-hybridized carbons (Fsp3) is 0.300. The SMILES string of the molecule is CC(C)NS(=O)(=O)CCn1c(Sc2cc3c(cc2-c2cc[nH]n2)OCO3)nc2c(N)ncnc21. The highest BCUT2D eigenvalue weighted by atomic mass is 32.2. The molecule has 1 aromatic carbocycles. The summed E-state index contributed by atoms with van der Waals surface area (Å²) in [6.45, 7) is 3.81. The van der Waals surface area contributed by atoms with Crippen molar-refractivity contribution in [1.82, 2.24) is 34.4 Å². The number of imidazole rings is 1. The number of nitrogens with zero attached hydrogens (tertiary/aromatic N) is 5. The Balaban J connectivity index is 1.57. The Bertz CT molecular complexity index is 1450. The molecule has 0 saturated carbocycles. The van der Waals surface area contributed by atoms with Crippen molar-refractivity contribution in [3.05, 3.63) is 30.7 Å². The van der Waals surface area contributed by atoms with Gasteiger partial charge in [-0.15, -0.1) is 0 Å². The van der Waals surface area contributed by atoms with Gasteiger partial charge in [0.15, 0.2) is 33.6 Å². The van der Waals surface area contributed by atoms with Crippen molar-refractivity contribution in [2.24, 2.45) is 0 Å². The Kier molecular flexibility index (Phi) is 5.79. The number of fused-ring (bicyclic) bond motifs is 2. The number of sulfonamides is 1. The summed E-state index contributed by atoms with van der Waals surface area (Å²) in [5.74, 6) is 1.29. The van der Waals surface area contributed by atoms with E-state index in [2.05, 4.69) is 29.9 Å². The van der Waals surface area contributed by atoms with Crippen molar-refractivity contribution in [1.29, 1.82) is 0 Å². The van der Waals surface area contributed by atoms with Crippen LogP contribution in [0.25, 0.3) is 22.4 Å². The van der Waals surface area contributed by atoms with Crippen LogP contribution in [-0.2, 0) is 16.6 Å². The van der Waals surface area contributed by atoms with Crippen LogP contribution >= 0.6 is 11.8 Å². The number of anilines is 1. The van der Waals surface area contributed by atoms with E-state index in [9.17, 15) is 8.42 Å². The number of hydrogen-bond donors (Lipinski definition) is 3. The second kappa shape index (κ2) is 8.77. The quantitative estimate of drug-likeness (QED) is 0.325. The van der Waals surface area contributed by atoms with Crippen LogP contribution in [0.4, 0.5) is 5.82 Å². The normalized spacial score (nSPS) is 13.3. The average molecular weight is 503 g/mol. The smallest absolute Gasteiger partial charge is 0.231 e. The molecule has 5 rings (SSSR count). The molecule has 0 saturated heterocycles. The first-order valence-electron chi connectivity index (χ1n) is 10.4. The van der Waals surface area contributed by atoms with Crippen LogP contribution in [0.15, 0.2) is 40.8 Å². The second-order valence-electron chi connectivity index (χ2n) is 7.83. The van der Waals surface area contributed by atoms with Crippen LogP contribution in [0.1, 0.15) is 13.8 Å². The maximum Gasteiger partial charge on any atom is 0.231 e. The first kappa shape index (κ1) is 22.4. The molecule has 0 bridgehead atoms. The number of hydrogen-bond acceptors (Lipinski definition) is 10. The van der Waals surface area contributed by atoms with Gasteiger partial charge in [-0.3, -0.25) is 5.10 Å². The molecule has 14 heteroatoms. The number of nitrogens with two attached hydrogens (primary N) is 1. The van der Waals surface area contributed by atoms with Crippen LogP contribution in [0.2, 0.25) is 0 Å². The lowest BCUT2D eigenvalue weighted by molar-refractivity contribution is 0.174. The van der Waals surface area contributed by atoms with Gasteiger partial charge in [-0.1, -0.05) is 11.8 Å². The minimum absolute atomic E-state index is 0.125. The zero-order valence-electron chi connectivity index (χ0n) is 18.3. The number of ether oxygens (including phenoxy) is 2. The van der Waals surface area contributed by atoms with E-state index in [0.717, 1.165) is 10.5 Å². The van der Waals surface area contributed by atoms with Crippen molar-refractivity contribution in [3.63, 3.8) is 0 Å². The molecule has 4 N–H and O–H groups in total. The summed E-state index contributed by atoms with van der Waals surface area (Å²) in [5.41, 5.74) is 8.42. The van der Waals surface area contributed by atoms with Crippen molar-refractivity contribution in [2.75, 3.05) is 18.3 Å². The number of nitrogens with one attached hydrogen (secondary N) is 2. The number of H-pyrrole nitrogens is 1. The van der Waals surface area contributed by atoms with Crippen LogP contribution < -0.4 is 19.9 Å². The molecule has 3 aromatic heterocycles. The lowest BCUT2D eigenvalue weighted by atomic mass is 10.1. The molecule has 0 amide bonds. The third kappa shape index (κ3) is 4.38. The number of aromatic nitrogens is 6. The molecule has 0 spiro atoms. The van der Waals surface area contributed by atoms with Gasteiger partial charge in [0, 0.05) is 29.2 Å². The monoisotopic (exact) mass is 502 g/mol. The minimum Gasteiger partial charge on any atom is -0.454 e. The fourth-order valence-electron chi connectivity index (χ4n) is 3.56. The molecular formula is C20H22N8O4S2. The first-order chi connectivity index (χ1) is 16.3. The lowest BCUT2D eigenvalue weighted by Crippen LogP contribution is -2.33. The summed E-state index contributed by atoms with van der Waals surface area (Å²) in [7, 11) is -3.51. The number of aryl methyl sites for hydroxylation is 1. The van der Waals surface area contributed by atoms with E-state index >= 15 is 0 Å². The third-order valence-corrected chi connectivity index (χ3v) is 7.58. The Morgan fingerprint density at radius 1 is 1.26 bits per heavy atom. The van der Waals surface area contributed by atoms with Gasteiger partial charge in [0.1, 0.15) is 6.33 Å². The summed E-state index contributed by atoms with van der Waals surface area (Å²) in [6, 6.07) is 5.35. The third-order valence-electron chi connectivity index (χ3n) is 4.98. The van der Waals surface area contributed by atoms with E-state index in [4.69, 9.17) is 15.2 Å². The van der Waals surface area contributed by atoms with Gasteiger partial charge in [-0.25, -0.2) is 28.1 Å². The molecule has 1 aliphatic rings. The van der Waals surface area contributed by atoms with Crippen molar-refractivity contribution >= 4 is 38.8 Å². The molecule has 1 aliphatic heterocycles. The van der Waals surface area contributed by atoms with Gasteiger partial charge < -0.3 is 19.8 Å². The van der Waals surface area contributed by atoms with Crippen LogP contribution in [0.5, 0.6) is 11.5 Å². The van der Waals surface area contributed by atoms with Gasteiger partial charge in [-0.2, -0.15) is 5.10 Å². The van der Waals surface area contributed by atoms with Crippen LogP contribution in [-0.4, -0.2) is 56.7 Å². The predicted octanol–water partition coefficient (Wildman–Crippen LogP) is 2.01. The number of nitrogen functional groups attached to an aromatic ring is 1. The highest BCUT2D eigenvalue weighted by Gasteiger charge is 2.23. The van der Waals surface area contributed by atoms with Crippen LogP contribution in [0, 0.1) is 0 Å². The second-order valence-corrected chi connectivity index (χ2v) is 10.7. The van der Waals surface area contributed by atoms with Crippen molar-refractivity contribution in [3.8, 4) is 22.8 Å². The molecule has 4 aromatic rings. The van der Waals surface area contributed by atoms with Crippen LogP contribution in [0.3, 0.4) is 0 Å². The standard InChI is InChI=1S/C20H22N8O4S2/c1-11(2)27-34(29,30)6-5-28-19-17(18(21)22-9-23-19)25-20(28)33-16-8-15-14(31-10-32-15)7-12(16)13-3-4-24-26-13/h3-4,7-9,11,27H,5-6,10H2,1-2H3,(H,24,26)(H2,21,22,23). The highest BCUT2D eigenvalue weighted by Crippen LogP contribution is 2.44. The number of rotatable bonds is 8. The Morgan fingerprint density at radius 3 is 2.79 bits per heavy atom. The van der Waals surface area contributed by atoms with Crippen molar-refractivity contribution < 1.29 is 17.9 Å². The van der Waals surface area contributed by atoms with Crippen molar-refractivity contribution in [2.45, 2.75) is 36.5 Å². The van der Waals surface area contributed by atoms with E-state index in [0.29, 0.717) is 33.5 Å². The molecule has 4 heterocycles. The zero-order chi connectivity index (χ0) is 23.9. The number of benzene rings is 1. The minimum atomic E-state index is -3.51. The summed E-state index contributed by atoms with van der Waals surface area (Å²) < 4.78 is 40.4. The molecule has 0 atom stereocenters. The van der Waals surface area contributed by atoms with Gasteiger partial charge in [0.25, 0.3) is 0 Å². The molecule has 178 valence electrons. The van der Waals surface area contributed by atoms with E-state index in [-0.39, 0.29) is 31.0 Å². The maximum absolute atomic E-state index is 12.5. The summed E-state index contributed by atoms with van der Waals surface area (Å²) in [4.78, 5) is 13.8. The molecule has 0 fully saturated rings. The van der Waals surface area contributed by atoms with Gasteiger partial charge >= 0.3 is 0 Å². The fourth-order valence-corrected chi connectivity index (χ4v) is 5.88. The zero-order valence-corrected chi connectivity index (χ0v) is 20.0. The average Bonchev–Trinajstić information content (AvgIpc) is 3.51.